The number of aliphatic hydroxyl groups excluding tert-OH is 1. The molecule has 4 aliphatic rings. The summed E-state index contributed by atoms with van der Waals surface area (Å²) in [6.45, 7) is 4.88. The molecule has 4 N–H and O–H groups in total. The monoisotopic (exact) mass is 361 g/mol. The molecule has 0 spiro atoms. The normalized spacial score (nSPS) is 47.5. The molecule has 0 aromatic heterocycles. The molecule has 0 amide bonds. The van der Waals surface area contributed by atoms with Crippen LogP contribution < -0.4 is 11.2 Å². The molecule has 0 saturated heterocycles. The molecule has 0 aliphatic heterocycles. The third kappa shape index (κ3) is 2.66. The molecule has 6 atom stereocenters. The van der Waals surface area contributed by atoms with Crippen molar-refractivity contribution in [3.05, 3.63) is 11.6 Å². The first kappa shape index (κ1) is 17.5. The van der Waals surface area contributed by atoms with E-state index in [4.69, 9.17) is 18.0 Å². The molecule has 3 saturated carbocycles. The van der Waals surface area contributed by atoms with Crippen LogP contribution in [0.2, 0.25) is 0 Å². The van der Waals surface area contributed by atoms with Crippen LogP contribution >= 0.6 is 12.2 Å². The molecule has 25 heavy (non-hydrogen) atoms. The van der Waals surface area contributed by atoms with Crippen molar-refractivity contribution in [2.75, 3.05) is 0 Å². The van der Waals surface area contributed by atoms with Crippen LogP contribution in [0.15, 0.2) is 16.8 Å². The van der Waals surface area contributed by atoms with Gasteiger partial charge in [0.15, 0.2) is 5.11 Å². The molecule has 0 radical (unpaired) electrons. The molecule has 4 nitrogen and oxygen atoms in total. The van der Waals surface area contributed by atoms with E-state index < -0.39 is 0 Å². The summed E-state index contributed by atoms with van der Waals surface area (Å²) in [6, 6.07) is 0. The Bertz CT molecular complexity index is 645. The quantitative estimate of drug-likeness (QED) is 0.380. The largest absolute Gasteiger partial charge is 0.393 e. The maximum absolute atomic E-state index is 10.1. The van der Waals surface area contributed by atoms with Gasteiger partial charge in [0, 0.05) is 11.1 Å². The van der Waals surface area contributed by atoms with Crippen molar-refractivity contribution < 1.29 is 5.11 Å². The van der Waals surface area contributed by atoms with E-state index in [9.17, 15) is 5.11 Å². The number of nitrogens with two attached hydrogens (primary N) is 1. The van der Waals surface area contributed by atoms with Crippen molar-refractivity contribution in [1.82, 2.24) is 5.43 Å². The third-order valence-electron chi connectivity index (χ3n) is 8.12. The number of allylic oxidation sites excluding steroid dienone is 1. The van der Waals surface area contributed by atoms with Gasteiger partial charge in [-0.25, -0.2) is 0 Å². The van der Waals surface area contributed by atoms with Gasteiger partial charge in [-0.2, -0.15) is 5.10 Å². The van der Waals surface area contributed by atoms with Crippen LogP contribution in [0.1, 0.15) is 65.2 Å². The molecular formula is C20H31N3OS. The molecular weight excluding hydrogens is 330 g/mol. The van der Waals surface area contributed by atoms with E-state index in [0.29, 0.717) is 11.3 Å². The van der Waals surface area contributed by atoms with Gasteiger partial charge in [0.2, 0.25) is 0 Å². The lowest BCUT2D eigenvalue weighted by Crippen LogP contribution is -2.50. The molecule has 0 unspecified atom stereocenters. The van der Waals surface area contributed by atoms with Gasteiger partial charge in [-0.15, -0.1) is 0 Å². The average molecular weight is 362 g/mol. The Kier molecular flexibility index (Phi) is 4.23. The van der Waals surface area contributed by atoms with Gasteiger partial charge in [0.05, 0.1) is 6.10 Å². The van der Waals surface area contributed by atoms with E-state index >= 15 is 0 Å². The maximum atomic E-state index is 10.1. The first-order valence-electron chi connectivity index (χ1n) is 9.84. The number of aliphatic hydroxyl groups is 1. The Morgan fingerprint density at radius 3 is 2.72 bits per heavy atom. The number of hydrazone groups is 1. The second kappa shape index (κ2) is 6.05. The summed E-state index contributed by atoms with van der Waals surface area (Å²) in [5, 5.41) is 14.9. The van der Waals surface area contributed by atoms with Crippen LogP contribution in [-0.2, 0) is 0 Å². The van der Waals surface area contributed by atoms with Crippen LogP contribution in [0.5, 0.6) is 0 Å². The second-order valence-electron chi connectivity index (χ2n) is 9.19. The lowest BCUT2D eigenvalue weighted by Gasteiger charge is -2.57. The zero-order valence-electron chi connectivity index (χ0n) is 15.4. The van der Waals surface area contributed by atoms with Crippen molar-refractivity contribution in [2.45, 2.75) is 71.3 Å². The fraction of sp³-hybridized carbons (Fsp3) is 0.800. The van der Waals surface area contributed by atoms with Gasteiger partial charge in [-0.1, -0.05) is 25.5 Å². The Labute approximate surface area is 156 Å². The van der Waals surface area contributed by atoms with Crippen LogP contribution in [0.4, 0.5) is 0 Å². The lowest BCUT2D eigenvalue weighted by molar-refractivity contribution is -0.0209. The first-order valence-corrected chi connectivity index (χ1v) is 10.3. The van der Waals surface area contributed by atoms with E-state index in [1.54, 1.807) is 0 Å². The number of hydrogen-bond acceptors (Lipinski definition) is 3. The maximum Gasteiger partial charge on any atom is 0.184 e. The van der Waals surface area contributed by atoms with Gasteiger partial charge in [-0.05, 0) is 86.8 Å². The number of thiocarbonyl (C=S) groups is 1. The van der Waals surface area contributed by atoms with Crippen molar-refractivity contribution >= 4 is 23.0 Å². The van der Waals surface area contributed by atoms with Crippen molar-refractivity contribution in [3.8, 4) is 0 Å². The van der Waals surface area contributed by atoms with Crippen molar-refractivity contribution in [3.63, 3.8) is 0 Å². The summed E-state index contributed by atoms with van der Waals surface area (Å²) in [7, 11) is 0. The molecule has 138 valence electrons. The predicted octanol–water partition coefficient (Wildman–Crippen LogP) is 3.50. The fourth-order valence-corrected chi connectivity index (χ4v) is 6.78. The Morgan fingerprint density at radius 2 is 1.96 bits per heavy atom. The zero-order valence-corrected chi connectivity index (χ0v) is 16.2. The van der Waals surface area contributed by atoms with Gasteiger partial charge in [0.25, 0.3) is 0 Å². The fourth-order valence-electron chi connectivity index (χ4n) is 6.74. The zero-order chi connectivity index (χ0) is 17.8. The Hall–Kier alpha value is -0.940. The van der Waals surface area contributed by atoms with Crippen LogP contribution in [0.3, 0.4) is 0 Å². The van der Waals surface area contributed by atoms with Gasteiger partial charge in [-0.3, -0.25) is 5.43 Å². The second-order valence-corrected chi connectivity index (χ2v) is 9.63. The van der Waals surface area contributed by atoms with Gasteiger partial charge in [0.1, 0.15) is 0 Å². The molecule has 5 heteroatoms. The van der Waals surface area contributed by atoms with E-state index in [1.807, 2.05) is 0 Å². The highest BCUT2D eigenvalue weighted by molar-refractivity contribution is 7.80. The average Bonchev–Trinajstić information content (AvgIpc) is 2.90. The van der Waals surface area contributed by atoms with E-state index in [1.165, 1.54) is 37.0 Å². The summed E-state index contributed by atoms with van der Waals surface area (Å²) in [6.07, 6.45) is 11.3. The molecule has 0 heterocycles. The molecule has 0 bridgehead atoms. The SMILES string of the molecule is C[C@]12CC[C@@H](O)CC1=CC[C@@H]1[C@@H]2CC[C@]2(C)/C(=N/NC(N)=S)CC[C@@H]12. The molecule has 0 aromatic carbocycles. The molecule has 4 aliphatic carbocycles. The highest BCUT2D eigenvalue weighted by atomic mass is 32.1. The number of fused-ring (bicyclic) bond motifs is 5. The summed E-state index contributed by atoms with van der Waals surface area (Å²) < 4.78 is 0. The third-order valence-corrected chi connectivity index (χ3v) is 8.21. The number of nitrogens with one attached hydrogen (secondary N) is 1. The summed E-state index contributed by atoms with van der Waals surface area (Å²) >= 11 is 4.93. The highest BCUT2D eigenvalue weighted by Gasteiger charge is 2.57. The number of hydrogen-bond donors (Lipinski definition) is 3. The molecule has 0 aromatic rings. The molecule has 3 fully saturated rings. The van der Waals surface area contributed by atoms with Crippen LogP contribution in [0, 0.1) is 28.6 Å². The van der Waals surface area contributed by atoms with E-state index in [0.717, 1.165) is 37.5 Å². The molecule has 4 rings (SSSR count). The summed E-state index contributed by atoms with van der Waals surface area (Å²) in [5.74, 6) is 2.22. The number of nitrogens with zero attached hydrogens (tertiary/aromatic N) is 1. The van der Waals surface area contributed by atoms with Gasteiger partial charge < -0.3 is 10.8 Å². The Morgan fingerprint density at radius 1 is 1.24 bits per heavy atom. The Balaban J connectivity index is 1.62. The predicted molar refractivity (Wildman–Crippen MR) is 105 cm³/mol. The van der Waals surface area contributed by atoms with Crippen LogP contribution in [0.25, 0.3) is 0 Å². The standard InChI is InChI=1S/C20H31N3OS/c1-19-9-7-13(24)11-12(19)3-4-14-15-5-6-17(22-23-18(21)25)20(15,2)10-8-16(14)19/h3,13-16,24H,4-11H2,1-2H3,(H3,21,23,25)/b22-17+/t13-,14+,15+,16+,19+,20+/m1/s1. The van der Waals surface area contributed by atoms with E-state index in [2.05, 4.69) is 30.5 Å². The minimum absolute atomic E-state index is 0.124. The summed E-state index contributed by atoms with van der Waals surface area (Å²) in [4.78, 5) is 0. The first-order chi connectivity index (χ1) is 11.8. The van der Waals surface area contributed by atoms with Gasteiger partial charge >= 0.3 is 0 Å². The van der Waals surface area contributed by atoms with Crippen molar-refractivity contribution in [1.29, 1.82) is 0 Å². The minimum atomic E-state index is -0.124. The summed E-state index contributed by atoms with van der Waals surface area (Å²) in [5.41, 5.74) is 11.7. The number of rotatable bonds is 1. The lowest BCUT2D eigenvalue weighted by atomic mass is 9.48. The van der Waals surface area contributed by atoms with E-state index in [-0.39, 0.29) is 16.6 Å². The smallest absolute Gasteiger partial charge is 0.184 e. The topological polar surface area (TPSA) is 70.6 Å². The highest BCUT2D eigenvalue weighted by Crippen LogP contribution is 2.64. The van der Waals surface area contributed by atoms with Crippen LogP contribution in [-0.4, -0.2) is 22.0 Å². The minimum Gasteiger partial charge on any atom is -0.393 e. The van der Waals surface area contributed by atoms with Crippen molar-refractivity contribution in [2.24, 2.45) is 39.4 Å².